The van der Waals surface area contributed by atoms with Crippen LogP contribution >= 0.6 is 34.3 Å². The normalized spacial score (nSPS) is 10.4. The van der Waals surface area contributed by atoms with Gasteiger partial charge in [-0.25, -0.2) is 0 Å². The van der Waals surface area contributed by atoms with Gasteiger partial charge in [0, 0.05) is 12.0 Å². The van der Waals surface area contributed by atoms with Gasteiger partial charge in [0.2, 0.25) is 0 Å². The molecular formula is C10H7ClOS2. The molecule has 2 aromatic rings. The van der Waals surface area contributed by atoms with E-state index in [1.807, 2.05) is 22.2 Å². The van der Waals surface area contributed by atoms with Crippen molar-refractivity contribution >= 4 is 40.1 Å². The lowest BCUT2D eigenvalue weighted by Gasteiger charge is -1.96. The van der Waals surface area contributed by atoms with Crippen molar-refractivity contribution in [2.75, 3.05) is 0 Å². The van der Waals surface area contributed by atoms with Crippen LogP contribution in [0.1, 0.15) is 15.9 Å². The fourth-order valence-electron chi connectivity index (χ4n) is 1.17. The molecule has 0 fully saturated rings. The Morgan fingerprint density at radius 2 is 2.21 bits per heavy atom. The molecule has 0 N–H and O–H groups in total. The molecule has 0 saturated carbocycles. The van der Waals surface area contributed by atoms with Crippen LogP contribution in [0, 0.1) is 0 Å². The maximum absolute atomic E-state index is 11.7. The Morgan fingerprint density at radius 3 is 2.79 bits per heavy atom. The minimum atomic E-state index is 0.0923. The van der Waals surface area contributed by atoms with E-state index in [0.29, 0.717) is 16.3 Å². The van der Waals surface area contributed by atoms with Gasteiger partial charge in [-0.05, 0) is 33.8 Å². The molecule has 0 saturated heterocycles. The van der Waals surface area contributed by atoms with Crippen molar-refractivity contribution in [2.24, 2.45) is 0 Å². The molecule has 0 spiro atoms. The van der Waals surface area contributed by atoms with Gasteiger partial charge in [0.1, 0.15) is 4.34 Å². The van der Waals surface area contributed by atoms with Gasteiger partial charge in [0.15, 0.2) is 5.78 Å². The summed E-state index contributed by atoms with van der Waals surface area (Å²) >= 11 is 8.87. The lowest BCUT2D eigenvalue weighted by atomic mass is 10.1. The molecule has 0 aromatic carbocycles. The van der Waals surface area contributed by atoms with E-state index in [9.17, 15) is 4.79 Å². The number of ketones is 1. The third-order valence-electron chi connectivity index (χ3n) is 1.86. The molecule has 0 atom stereocenters. The molecule has 0 aliphatic heterocycles. The highest BCUT2D eigenvalue weighted by Gasteiger charge is 2.11. The van der Waals surface area contributed by atoms with Crippen LogP contribution in [0.15, 0.2) is 28.3 Å². The smallest absolute Gasteiger partial charge is 0.169 e. The summed E-state index contributed by atoms with van der Waals surface area (Å²) < 4.78 is 0.588. The zero-order chi connectivity index (χ0) is 9.97. The molecule has 0 amide bonds. The molecule has 14 heavy (non-hydrogen) atoms. The molecule has 2 rings (SSSR count). The average molecular weight is 243 g/mol. The van der Waals surface area contributed by atoms with E-state index in [0.717, 1.165) is 5.56 Å². The summed E-state index contributed by atoms with van der Waals surface area (Å²) in [5.41, 5.74) is 1.70. The van der Waals surface area contributed by atoms with Crippen LogP contribution < -0.4 is 0 Å². The van der Waals surface area contributed by atoms with Crippen LogP contribution in [-0.2, 0) is 6.42 Å². The summed E-state index contributed by atoms with van der Waals surface area (Å²) in [6.45, 7) is 0. The summed E-state index contributed by atoms with van der Waals surface area (Å²) in [5, 5.41) is 5.79. The lowest BCUT2D eigenvalue weighted by molar-refractivity contribution is 0.0993. The predicted molar refractivity (Wildman–Crippen MR) is 61.7 cm³/mol. The average Bonchev–Trinajstić information content (AvgIpc) is 2.75. The van der Waals surface area contributed by atoms with Crippen LogP contribution in [0.2, 0.25) is 4.34 Å². The van der Waals surface area contributed by atoms with Crippen molar-refractivity contribution in [3.05, 3.63) is 43.7 Å². The third kappa shape index (κ3) is 2.05. The van der Waals surface area contributed by atoms with Crippen molar-refractivity contribution in [3.8, 4) is 0 Å². The van der Waals surface area contributed by atoms with Crippen molar-refractivity contribution < 1.29 is 4.79 Å². The van der Waals surface area contributed by atoms with Gasteiger partial charge < -0.3 is 0 Å². The van der Waals surface area contributed by atoms with Crippen LogP contribution in [0.25, 0.3) is 0 Å². The molecule has 72 valence electrons. The van der Waals surface area contributed by atoms with Gasteiger partial charge in [-0.2, -0.15) is 11.3 Å². The van der Waals surface area contributed by atoms with Gasteiger partial charge in [-0.15, -0.1) is 11.3 Å². The Morgan fingerprint density at radius 1 is 1.36 bits per heavy atom. The molecule has 4 heteroatoms. The monoisotopic (exact) mass is 242 g/mol. The van der Waals surface area contributed by atoms with Crippen molar-refractivity contribution in [1.29, 1.82) is 0 Å². The van der Waals surface area contributed by atoms with Gasteiger partial charge in [-0.3, -0.25) is 4.79 Å². The van der Waals surface area contributed by atoms with Crippen LogP contribution in [0.4, 0.5) is 0 Å². The third-order valence-corrected chi connectivity index (χ3v) is 3.77. The summed E-state index contributed by atoms with van der Waals surface area (Å²) in [6.07, 6.45) is 0.444. The molecule has 0 aliphatic carbocycles. The summed E-state index contributed by atoms with van der Waals surface area (Å²) in [4.78, 5) is 11.7. The van der Waals surface area contributed by atoms with E-state index >= 15 is 0 Å². The number of hydrogen-bond acceptors (Lipinski definition) is 3. The fraction of sp³-hybridized carbons (Fsp3) is 0.100. The maximum atomic E-state index is 11.7. The topological polar surface area (TPSA) is 17.1 Å². The molecular weight excluding hydrogens is 236 g/mol. The first kappa shape index (κ1) is 9.90. The number of Topliss-reactive ketones (excluding diaryl/α,β-unsaturated/α-hetero) is 1. The highest BCUT2D eigenvalue weighted by atomic mass is 35.5. The number of carbonyl (C=O) groups excluding carboxylic acids is 1. The summed E-state index contributed by atoms with van der Waals surface area (Å²) in [7, 11) is 0. The first-order chi connectivity index (χ1) is 6.77. The van der Waals surface area contributed by atoms with Crippen molar-refractivity contribution in [2.45, 2.75) is 6.42 Å². The Hall–Kier alpha value is -0.640. The Labute approximate surface area is 95.0 Å². The summed E-state index contributed by atoms with van der Waals surface area (Å²) in [6, 6.07) is 3.74. The van der Waals surface area contributed by atoms with Gasteiger partial charge in [-0.1, -0.05) is 11.6 Å². The molecule has 0 aliphatic rings. The second kappa shape index (κ2) is 4.26. The first-order valence-electron chi connectivity index (χ1n) is 4.04. The minimum absolute atomic E-state index is 0.0923. The maximum Gasteiger partial charge on any atom is 0.169 e. The van der Waals surface area contributed by atoms with Crippen molar-refractivity contribution in [1.82, 2.24) is 0 Å². The van der Waals surface area contributed by atoms with Crippen LogP contribution in [0.5, 0.6) is 0 Å². The van der Waals surface area contributed by atoms with E-state index in [1.165, 1.54) is 11.3 Å². The largest absolute Gasteiger partial charge is 0.294 e. The second-order valence-corrected chi connectivity index (χ2v) is 5.14. The Balaban J connectivity index is 2.14. The van der Waals surface area contributed by atoms with E-state index in [4.69, 9.17) is 11.6 Å². The molecule has 2 heterocycles. The van der Waals surface area contributed by atoms with E-state index in [2.05, 4.69) is 0 Å². The summed E-state index contributed by atoms with van der Waals surface area (Å²) in [5.74, 6) is 0.0923. The molecule has 1 nitrogen and oxygen atoms in total. The quantitative estimate of drug-likeness (QED) is 0.747. The van der Waals surface area contributed by atoms with Gasteiger partial charge in [0.05, 0.1) is 0 Å². The predicted octanol–water partition coefficient (Wildman–Crippen LogP) is 3.89. The van der Waals surface area contributed by atoms with Crippen LogP contribution in [0.3, 0.4) is 0 Å². The molecule has 2 aromatic heterocycles. The zero-order valence-electron chi connectivity index (χ0n) is 7.20. The minimum Gasteiger partial charge on any atom is -0.294 e. The SMILES string of the molecule is O=C(Cc1ccsc1)c1ccsc1Cl. The molecule has 0 unspecified atom stereocenters. The molecule has 0 bridgehead atoms. The van der Waals surface area contributed by atoms with E-state index < -0.39 is 0 Å². The number of rotatable bonds is 3. The Kier molecular flexibility index (Phi) is 3.01. The number of thiophene rings is 2. The van der Waals surface area contributed by atoms with E-state index in [1.54, 1.807) is 17.4 Å². The second-order valence-electron chi connectivity index (χ2n) is 2.84. The number of hydrogen-bond donors (Lipinski definition) is 0. The molecule has 0 radical (unpaired) electrons. The van der Waals surface area contributed by atoms with Crippen LogP contribution in [-0.4, -0.2) is 5.78 Å². The fourth-order valence-corrected chi connectivity index (χ4v) is 2.79. The van der Waals surface area contributed by atoms with Crippen molar-refractivity contribution in [3.63, 3.8) is 0 Å². The van der Waals surface area contributed by atoms with Gasteiger partial charge in [0.25, 0.3) is 0 Å². The lowest BCUT2D eigenvalue weighted by Crippen LogP contribution is -2.01. The highest BCUT2D eigenvalue weighted by molar-refractivity contribution is 7.14. The number of halogens is 1. The van der Waals surface area contributed by atoms with Gasteiger partial charge >= 0.3 is 0 Å². The first-order valence-corrected chi connectivity index (χ1v) is 6.24. The number of carbonyl (C=O) groups is 1. The Bertz CT molecular complexity index is 431. The van der Waals surface area contributed by atoms with E-state index in [-0.39, 0.29) is 5.78 Å². The zero-order valence-corrected chi connectivity index (χ0v) is 9.59. The highest BCUT2D eigenvalue weighted by Crippen LogP contribution is 2.24. The standard InChI is InChI=1S/C10H7ClOS2/c11-10-8(2-4-14-10)9(12)5-7-1-3-13-6-7/h1-4,6H,5H2.